The third-order valence-corrected chi connectivity index (χ3v) is 5.20. The van der Waals surface area contributed by atoms with Crippen molar-refractivity contribution in [3.8, 4) is 11.5 Å². The van der Waals surface area contributed by atoms with Crippen molar-refractivity contribution in [3.05, 3.63) is 64.1 Å². The van der Waals surface area contributed by atoms with Crippen LogP contribution in [0.25, 0.3) is 10.8 Å². The minimum atomic E-state index is -0.174. The Bertz CT molecular complexity index is 1000. The standard InChI is InChI=1S/C20H16BrNO3/c1-25-18-9-12(8-14(21)20(18)24)16-10-17(23)19-13-5-3-2-4-11(13)6-7-15(19)22-16/h2-9,16,22,24H,10H2,1H3/t16-/m0/s1. The zero-order valence-corrected chi connectivity index (χ0v) is 15.1. The average Bonchev–Trinajstić information content (AvgIpc) is 2.63. The predicted octanol–water partition coefficient (Wildman–Crippen LogP) is 5.06. The summed E-state index contributed by atoms with van der Waals surface area (Å²) in [5.41, 5.74) is 2.47. The number of ketones is 1. The molecule has 0 aromatic heterocycles. The molecule has 0 unspecified atom stereocenters. The van der Waals surface area contributed by atoms with E-state index in [4.69, 9.17) is 4.74 Å². The van der Waals surface area contributed by atoms with E-state index in [1.807, 2.05) is 42.5 Å². The molecule has 5 heteroatoms. The minimum Gasteiger partial charge on any atom is -0.503 e. The summed E-state index contributed by atoms with van der Waals surface area (Å²) in [6, 6.07) is 15.3. The summed E-state index contributed by atoms with van der Waals surface area (Å²) in [5.74, 6) is 0.543. The van der Waals surface area contributed by atoms with Crippen LogP contribution in [-0.2, 0) is 0 Å². The predicted molar refractivity (Wildman–Crippen MR) is 102 cm³/mol. The lowest BCUT2D eigenvalue weighted by Crippen LogP contribution is -2.23. The Labute approximate surface area is 153 Å². The van der Waals surface area contributed by atoms with Gasteiger partial charge < -0.3 is 15.2 Å². The van der Waals surface area contributed by atoms with Crippen LogP contribution in [0, 0.1) is 0 Å². The van der Waals surface area contributed by atoms with E-state index < -0.39 is 0 Å². The van der Waals surface area contributed by atoms with Crippen LogP contribution in [0.3, 0.4) is 0 Å². The fraction of sp³-hybridized carbons (Fsp3) is 0.150. The third-order valence-electron chi connectivity index (χ3n) is 4.60. The highest BCUT2D eigenvalue weighted by atomic mass is 79.9. The zero-order chi connectivity index (χ0) is 17.6. The first-order chi connectivity index (χ1) is 12.1. The van der Waals surface area contributed by atoms with Crippen molar-refractivity contribution < 1.29 is 14.6 Å². The summed E-state index contributed by atoms with van der Waals surface area (Å²) in [5, 5.41) is 15.5. The number of nitrogens with one attached hydrogen (secondary N) is 1. The molecular formula is C20H16BrNO3. The van der Waals surface area contributed by atoms with E-state index in [2.05, 4.69) is 21.2 Å². The molecule has 2 N–H and O–H groups in total. The molecule has 0 saturated heterocycles. The van der Waals surface area contributed by atoms with Crippen molar-refractivity contribution in [1.82, 2.24) is 0 Å². The van der Waals surface area contributed by atoms with Crippen LogP contribution in [0.4, 0.5) is 5.69 Å². The van der Waals surface area contributed by atoms with Gasteiger partial charge >= 0.3 is 0 Å². The first kappa shape index (κ1) is 16.0. The van der Waals surface area contributed by atoms with Crippen LogP contribution in [0.1, 0.15) is 28.4 Å². The quantitative estimate of drug-likeness (QED) is 0.634. The number of aromatic hydroxyl groups is 1. The smallest absolute Gasteiger partial charge is 0.172 e. The number of carbonyl (C=O) groups excluding carboxylic acids is 1. The Morgan fingerprint density at radius 3 is 2.80 bits per heavy atom. The summed E-state index contributed by atoms with van der Waals surface area (Å²) in [6.45, 7) is 0. The summed E-state index contributed by atoms with van der Waals surface area (Å²) in [7, 11) is 1.51. The number of phenols is 1. The van der Waals surface area contributed by atoms with E-state index in [1.165, 1.54) is 7.11 Å². The van der Waals surface area contributed by atoms with E-state index in [0.717, 1.165) is 27.6 Å². The second kappa shape index (κ2) is 6.08. The van der Waals surface area contributed by atoms with E-state index >= 15 is 0 Å². The molecule has 3 aromatic rings. The molecule has 0 spiro atoms. The normalized spacial score (nSPS) is 16.4. The van der Waals surface area contributed by atoms with Gasteiger partial charge in [-0.2, -0.15) is 0 Å². The molecule has 1 atom stereocenters. The second-order valence-corrected chi connectivity index (χ2v) is 6.94. The molecule has 0 aliphatic carbocycles. The van der Waals surface area contributed by atoms with Crippen molar-refractivity contribution in [2.75, 3.05) is 12.4 Å². The Balaban J connectivity index is 1.79. The summed E-state index contributed by atoms with van der Waals surface area (Å²) < 4.78 is 5.76. The number of fused-ring (bicyclic) bond motifs is 3. The molecule has 0 bridgehead atoms. The first-order valence-electron chi connectivity index (χ1n) is 7.96. The molecule has 126 valence electrons. The van der Waals surface area contributed by atoms with Gasteiger partial charge in [0.15, 0.2) is 17.3 Å². The van der Waals surface area contributed by atoms with Gasteiger partial charge in [-0.1, -0.05) is 30.3 Å². The second-order valence-electron chi connectivity index (χ2n) is 6.09. The number of carbonyl (C=O) groups is 1. The molecular weight excluding hydrogens is 382 g/mol. The lowest BCUT2D eigenvalue weighted by atomic mass is 9.89. The number of hydrogen-bond acceptors (Lipinski definition) is 4. The fourth-order valence-corrected chi connectivity index (χ4v) is 3.83. The molecule has 0 radical (unpaired) electrons. The van der Waals surface area contributed by atoms with Crippen LogP contribution in [-0.4, -0.2) is 18.0 Å². The third kappa shape index (κ3) is 2.65. The Kier molecular flexibility index (Phi) is 3.88. The molecule has 1 aliphatic rings. The Hall–Kier alpha value is -2.53. The van der Waals surface area contributed by atoms with Crippen molar-refractivity contribution in [2.45, 2.75) is 12.5 Å². The number of ether oxygens (including phenoxy) is 1. The largest absolute Gasteiger partial charge is 0.503 e. The Morgan fingerprint density at radius 1 is 1.20 bits per heavy atom. The first-order valence-corrected chi connectivity index (χ1v) is 8.75. The highest BCUT2D eigenvalue weighted by Crippen LogP contribution is 2.41. The van der Waals surface area contributed by atoms with Crippen LogP contribution in [0.5, 0.6) is 11.5 Å². The summed E-state index contributed by atoms with van der Waals surface area (Å²) in [6.07, 6.45) is 0.349. The van der Waals surface area contributed by atoms with Crippen molar-refractivity contribution in [1.29, 1.82) is 0 Å². The highest BCUT2D eigenvalue weighted by molar-refractivity contribution is 9.10. The highest BCUT2D eigenvalue weighted by Gasteiger charge is 2.28. The number of rotatable bonds is 2. The van der Waals surface area contributed by atoms with Gasteiger partial charge in [-0.05, 0) is 50.5 Å². The molecule has 0 amide bonds. The van der Waals surface area contributed by atoms with Crippen LogP contribution in [0.15, 0.2) is 53.0 Å². The maximum atomic E-state index is 12.9. The zero-order valence-electron chi connectivity index (χ0n) is 13.5. The van der Waals surface area contributed by atoms with Gasteiger partial charge in [0.25, 0.3) is 0 Å². The lowest BCUT2D eigenvalue weighted by Gasteiger charge is -2.28. The number of methoxy groups -OCH3 is 1. The summed E-state index contributed by atoms with van der Waals surface area (Å²) in [4.78, 5) is 12.9. The lowest BCUT2D eigenvalue weighted by molar-refractivity contribution is 0.0974. The molecule has 0 saturated carbocycles. The van der Waals surface area contributed by atoms with Crippen LogP contribution >= 0.6 is 15.9 Å². The number of phenolic OH excluding ortho intramolecular Hbond substituents is 1. The van der Waals surface area contributed by atoms with Crippen molar-refractivity contribution in [2.24, 2.45) is 0 Å². The number of Topliss-reactive ketones (excluding diaryl/α,β-unsaturated/α-hetero) is 1. The Morgan fingerprint density at radius 2 is 2.00 bits per heavy atom. The molecule has 1 heterocycles. The van der Waals surface area contributed by atoms with E-state index in [1.54, 1.807) is 6.07 Å². The van der Waals surface area contributed by atoms with Crippen molar-refractivity contribution >= 4 is 38.2 Å². The van der Waals surface area contributed by atoms with Crippen molar-refractivity contribution in [3.63, 3.8) is 0 Å². The molecule has 0 fully saturated rings. The number of anilines is 1. The van der Waals surface area contributed by atoms with Gasteiger partial charge in [-0.3, -0.25) is 4.79 Å². The number of hydrogen-bond donors (Lipinski definition) is 2. The molecule has 25 heavy (non-hydrogen) atoms. The topological polar surface area (TPSA) is 58.6 Å². The molecule has 4 rings (SSSR count). The van der Waals surface area contributed by atoms with Gasteiger partial charge in [0, 0.05) is 17.7 Å². The number of benzene rings is 3. The molecule has 4 nitrogen and oxygen atoms in total. The van der Waals surface area contributed by atoms with E-state index in [-0.39, 0.29) is 17.6 Å². The maximum absolute atomic E-state index is 12.9. The van der Waals surface area contributed by atoms with Gasteiger partial charge in [-0.25, -0.2) is 0 Å². The number of halogens is 1. The average molecular weight is 398 g/mol. The monoisotopic (exact) mass is 397 g/mol. The van der Waals surface area contributed by atoms with Crippen LogP contribution in [0.2, 0.25) is 0 Å². The van der Waals surface area contributed by atoms with Gasteiger partial charge in [0.1, 0.15) is 0 Å². The van der Waals surface area contributed by atoms with Gasteiger partial charge in [0.2, 0.25) is 0 Å². The molecule has 1 aliphatic heterocycles. The van der Waals surface area contributed by atoms with Gasteiger partial charge in [-0.15, -0.1) is 0 Å². The van der Waals surface area contributed by atoms with E-state index in [9.17, 15) is 9.90 Å². The minimum absolute atomic E-state index is 0.0554. The van der Waals surface area contributed by atoms with Crippen LogP contribution < -0.4 is 10.1 Å². The van der Waals surface area contributed by atoms with E-state index in [0.29, 0.717) is 16.6 Å². The molecule has 3 aromatic carbocycles. The SMILES string of the molecule is COc1cc([C@@H]2CC(=O)c3c(ccc4ccccc34)N2)cc(Br)c1O. The van der Waals surface area contributed by atoms with Gasteiger partial charge in [0.05, 0.1) is 17.6 Å². The summed E-state index contributed by atoms with van der Waals surface area (Å²) >= 11 is 3.34. The maximum Gasteiger partial charge on any atom is 0.172 e. The fourth-order valence-electron chi connectivity index (χ4n) is 3.37.